The highest BCUT2D eigenvalue weighted by molar-refractivity contribution is 5.80. The van der Waals surface area contributed by atoms with Gasteiger partial charge in [-0.3, -0.25) is 4.90 Å². The topological polar surface area (TPSA) is 76.1 Å². The van der Waals surface area contributed by atoms with Crippen LogP contribution in [0.15, 0.2) is 0 Å². The van der Waals surface area contributed by atoms with Crippen LogP contribution in [0.25, 0.3) is 0 Å². The van der Waals surface area contributed by atoms with Crippen molar-refractivity contribution in [2.75, 3.05) is 20.4 Å². The highest BCUT2D eigenvalue weighted by Gasteiger charge is 2.35. The maximum absolute atomic E-state index is 10.9. The summed E-state index contributed by atoms with van der Waals surface area (Å²) in [5.41, 5.74) is 0. The molecule has 6 heteroatoms. The number of carboxylic acids is 1. The SMILES string of the molecule is COC(=O)N1COC[C@H]1C(=O)O. The molecule has 0 unspecified atom stereocenters. The van der Waals surface area contributed by atoms with E-state index in [-0.39, 0.29) is 13.3 Å². The summed E-state index contributed by atoms with van der Waals surface area (Å²) >= 11 is 0. The van der Waals surface area contributed by atoms with Gasteiger partial charge in [0.05, 0.1) is 13.7 Å². The zero-order chi connectivity index (χ0) is 9.14. The van der Waals surface area contributed by atoms with Gasteiger partial charge in [0.15, 0.2) is 6.04 Å². The molecule has 0 aromatic rings. The van der Waals surface area contributed by atoms with Crippen LogP contribution >= 0.6 is 0 Å². The smallest absolute Gasteiger partial charge is 0.412 e. The summed E-state index contributed by atoms with van der Waals surface area (Å²) in [7, 11) is 1.19. The fourth-order valence-electron chi connectivity index (χ4n) is 0.944. The van der Waals surface area contributed by atoms with Gasteiger partial charge in [-0.2, -0.15) is 0 Å². The van der Waals surface area contributed by atoms with E-state index < -0.39 is 18.1 Å². The Bertz CT molecular complexity index is 204. The number of carbonyl (C=O) groups is 2. The zero-order valence-electron chi connectivity index (χ0n) is 6.52. The average Bonchev–Trinajstić information content (AvgIpc) is 2.50. The van der Waals surface area contributed by atoms with Crippen molar-refractivity contribution in [3.8, 4) is 0 Å². The van der Waals surface area contributed by atoms with Gasteiger partial charge in [-0.05, 0) is 0 Å². The molecule has 1 aliphatic rings. The van der Waals surface area contributed by atoms with Crippen molar-refractivity contribution in [1.82, 2.24) is 4.90 Å². The van der Waals surface area contributed by atoms with Crippen LogP contribution in [0, 0.1) is 0 Å². The van der Waals surface area contributed by atoms with Gasteiger partial charge in [-0.15, -0.1) is 0 Å². The summed E-state index contributed by atoms with van der Waals surface area (Å²) in [5, 5.41) is 8.60. The molecule has 1 N–H and O–H groups in total. The van der Waals surface area contributed by atoms with Gasteiger partial charge in [0.2, 0.25) is 0 Å². The molecule has 68 valence electrons. The Balaban J connectivity index is 2.63. The number of ether oxygens (including phenoxy) is 2. The van der Waals surface area contributed by atoms with Crippen LogP contribution in [0.4, 0.5) is 4.79 Å². The molecule has 0 aliphatic carbocycles. The van der Waals surface area contributed by atoms with E-state index in [0.29, 0.717) is 0 Å². The normalized spacial score (nSPS) is 22.4. The number of hydrogen-bond acceptors (Lipinski definition) is 4. The molecule has 1 heterocycles. The molecule has 0 spiro atoms. The third-order valence-electron chi connectivity index (χ3n) is 1.58. The number of nitrogens with zero attached hydrogens (tertiary/aromatic N) is 1. The van der Waals surface area contributed by atoms with Gasteiger partial charge in [0, 0.05) is 0 Å². The van der Waals surface area contributed by atoms with Crippen molar-refractivity contribution in [2.45, 2.75) is 6.04 Å². The number of carbonyl (C=O) groups excluding carboxylic acids is 1. The first-order chi connectivity index (χ1) is 5.66. The minimum Gasteiger partial charge on any atom is -0.480 e. The number of hydrogen-bond donors (Lipinski definition) is 1. The lowest BCUT2D eigenvalue weighted by molar-refractivity contribution is -0.141. The van der Waals surface area contributed by atoms with Crippen molar-refractivity contribution < 1.29 is 24.2 Å². The van der Waals surface area contributed by atoms with E-state index in [9.17, 15) is 9.59 Å². The Morgan fingerprint density at radius 1 is 1.67 bits per heavy atom. The Hall–Kier alpha value is -1.30. The molecule has 1 atom stereocenters. The molecule has 0 saturated carbocycles. The number of aliphatic carboxylic acids is 1. The number of rotatable bonds is 1. The maximum Gasteiger partial charge on any atom is 0.412 e. The second-order valence-corrected chi connectivity index (χ2v) is 2.29. The number of methoxy groups -OCH3 is 1. The van der Waals surface area contributed by atoms with Crippen molar-refractivity contribution >= 4 is 12.1 Å². The highest BCUT2D eigenvalue weighted by atomic mass is 16.6. The van der Waals surface area contributed by atoms with E-state index in [1.54, 1.807) is 0 Å². The number of amides is 1. The second-order valence-electron chi connectivity index (χ2n) is 2.29. The molecule has 1 fully saturated rings. The van der Waals surface area contributed by atoms with Crippen molar-refractivity contribution in [1.29, 1.82) is 0 Å². The predicted molar refractivity (Wildman–Crippen MR) is 36.5 cm³/mol. The summed E-state index contributed by atoms with van der Waals surface area (Å²) in [6, 6.07) is -0.919. The fraction of sp³-hybridized carbons (Fsp3) is 0.667. The summed E-state index contributed by atoms with van der Waals surface area (Å²) < 4.78 is 9.16. The third kappa shape index (κ3) is 1.48. The van der Waals surface area contributed by atoms with E-state index in [0.717, 1.165) is 4.90 Å². The van der Waals surface area contributed by atoms with E-state index in [4.69, 9.17) is 9.84 Å². The molecule has 1 saturated heterocycles. The summed E-state index contributed by atoms with van der Waals surface area (Å²) in [4.78, 5) is 22.4. The van der Waals surface area contributed by atoms with Crippen LogP contribution in [0.1, 0.15) is 0 Å². The van der Waals surface area contributed by atoms with Crippen molar-refractivity contribution in [3.63, 3.8) is 0 Å². The average molecular weight is 175 g/mol. The lowest BCUT2D eigenvalue weighted by atomic mass is 10.3. The number of carboxylic acid groups (broad SMARTS) is 1. The minimum absolute atomic E-state index is 0.0183. The molecule has 0 aromatic heterocycles. The van der Waals surface area contributed by atoms with Crippen molar-refractivity contribution in [2.24, 2.45) is 0 Å². The standard InChI is InChI=1S/C6H9NO5/c1-11-6(10)7-3-12-2-4(7)5(8)9/h4H,2-3H2,1H3,(H,8,9)/t4-/m0/s1. The van der Waals surface area contributed by atoms with Crippen LogP contribution in [0.2, 0.25) is 0 Å². The van der Waals surface area contributed by atoms with Gasteiger partial charge in [0.25, 0.3) is 0 Å². The first kappa shape index (κ1) is 8.79. The monoisotopic (exact) mass is 175 g/mol. The minimum atomic E-state index is -1.09. The quantitative estimate of drug-likeness (QED) is 0.581. The van der Waals surface area contributed by atoms with Gasteiger partial charge in [-0.25, -0.2) is 9.59 Å². The van der Waals surface area contributed by atoms with Gasteiger partial charge >= 0.3 is 12.1 Å². The lowest BCUT2D eigenvalue weighted by Gasteiger charge is -2.16. The highest BCUT2D eigenvalue weighted by Crippen LogP contribution is 2.10. The van der Waals surface area contributed by atoms with Crippen LogP contribution < -0.4 is 0 Å². The maximum atomic E-state index is 10.9. The second kappa shape index (κ2) is 3.40. The van der Waals surface area contributed by atoms with E-state index >= 15 is 0 Å². The molecule has 1 rings (SSSR count). The molecule has 0 bridgehead atoms. The Labute approximate surface area is 68.7 Å². The van der Waals surface area contributed by atoms with Crippen LogP contribution in [-0.4, -0.2) is 48.6 Å². The lowest BCUT2D eigenvalue weighted by Crippen LogP contribution is -2.41. The molecule has 12 heavy (non-hydrogen) atoms. The molecule has 1 aliphatic heterocycles. The first-order valence-corrected chi connectivity index (χ1v) is 3.32. The van der Waals surface area contributed by atoms with E-state index in [1.165, 1.54) is 7.11 Å². The predicted octanol–water partition coefficient (Wildman–Crippen LogP) is -0.504. The summed E-state index contributed by atoms with van der Waals surface area (Å²) in [6.07, 6.45) is -0.681. The van der Waals surface area contributed by atoms with Gasteiger partial charge in [0.1, 0.15) is 6.73 Å². The summed E-state index contributed by atoms with van der Waals surface area (Å²) in [6.45, 7) is -0.00588. The molecular weight excluding hydrogens is 166 g/mol. The molecule has 6 nitrogen and oxygen atoms in total. The third-order valence-corrected chi connectivity index (χ3v) is 1.58. The first-order valence-electron chi connectivity index (χ1n) is 3.32. The largest absolute Gasteiger partial charge is 0.480 e. The Morgan fingerprint density at radius 2 is 2.33 bits per heavy atom. The molecular formula is C6H9NO5. The Kier molecular flexibility index (Phi) is 2.49. The van der Waals surface area contributed by atoms with Gasteiger partial charge in [-0.1, -0.05) is 0 Å². The Morgan fingerprint density at radius 3 is 2.83 bits per heavy atom. The van der Waals surface area contributed by atoms with Crippen LogP contribution in [0.3, 0.4) is 0 Å². The van der Waals surface area contributed by atoms with Gasteiger partial charge < -0.3 is 14.6 Å². The van der Waals surface area contributed by atoms with Crippen LogP contribution in [0.5, 0.6) is 0 Å². The van der Waals surface area contributed by atoms with Crippen molar-refractivity contribution in [3.05, 3.63) is 0 Å². The van der Waals surface area contributed by atoms with Crippen LogP contribution in [-0.2, 0) is 14.3 Å². The molecule has 1 amide bonds. The van der Waals surface area contributed by atoms with E-state index in [2.05, 4.69) is 4.74 Å². The zero-order valence-corrected chi connectivity index (χ0v) is 6.52. The summed E-state index contributed by atoms with van der Waals surface area (Å²) in [5.74, 6) is -1.09. The van der Waals surface area contributed by atoms with E-state index in [1.807, 2.05) is 0 Å². The fourth-order valence-corrected chi connectivity index (χ4v) is 0.944. The molecule has 0 radical (unpaired) electrons. The molecule has 0 aromatic carbocycles.